The molecule has 0 aliphatic rings. The molecule has 0 saturated carbocycles. The molecule has 4 nitrogen and oxygen atoms in total. The van der Waals surface area contributed by atoms with E-state index in [9.17, 15) is 0 Å². The lowest BCUT2D eigenvalue weighted by Gasteiger charge is -1.61. The Morgan fingerprint density at radius 1 is 0.824 bits per heavy atom. The van der Waals surface area contributed by atoms with Gasteiger partial charge in [0.15, 0.2) is 0 Å². The molecule has 0 fully saturated rings. The maximum absolute atomic E-state index is 3.85. The largest absolute Gasteiger partial charge is 0.182 e. The Labute approximate surface area is 115 Å². The first-order valence-corrected chi connectivity index (χ1v) is 6.31. The van der Waals surface area contributed by atoms with Crippen LogP contribution in [-0.2, 0) is 0 Å². The van der Waals surface area contributed by atoms with E-state index < -0.39 is 0 Å². The molecule has 0 aliphatic heterocycles. The summed E-state index contributed by atoms with van der Waals surface area (Å²) in [5.41, 5.74) is 1.00. The molecular formula is C11H26N4S2. The molecule has 0 bridgehead atoms. The number of nitrogens with zero attached hydrogens (tertiary/aromatic N) is 4. The predicted molar refractivity (Wildman–Crippen MR) is 80.7 cm³/mol. The Balaban J connectivity index is -0.0000000712. The topological polar surface area (TPSA) is 51.6 Å². The van der Waals surface area contributed by atoms with Crippen LogP contribution in [-0.4, -0.2) is 17.5 Å². The van der Waals surface area contributed by atoms with Gasteiger partial charge in [-0.05, 0) is 6.92 Å². The van der Waals surface area contributed by atoms with Gasteiger partial charge < -0.3 is 0 Å². The highest BCUT2D eigenvalue weighted by Crippen LogP contribution is 1.87. The molecule has 2 aromatic heterocycles. The van der Waals surface area contributed by atoms with E-state index in [0.29, 0.717) is 0 Å². The molecule has 2 heterocycles. The van der Waals surface area contributed by atoms with E-state index in [1.54, 1.807) is 18.6 Å². The summed E-state index contributed by atoms with van der Waals surface area (Å²) in [5, 5.41) is 0. The van der Waals surface area contributed by atoms with Crippen molar-refractivity contribution in [2.75, 3.05) is 0 Å². The molecule has 0 radical (unpaired) electrons. The first kappa shape index (κ1) is 25.1. The molecule has 0 amide bonds. The maximum atomic E-state index is 3.85. The predicted octanol–water partition coefficient (Wildman–Crippen LogP) is 4.71. The van der Waals surface area contributed by atoms with Crippen molar-refractivity contribution in [2.24, 2.45) is 0 Å². The van der Waals surface area contributed by atoms with Crippen LogP contribution in [0.25, 0.3) is 0 Å². The Morgan fingerprint density at radius 3 is 1.41 bits per heavy atom. The monoisotopic (exact) mass is 278 g/mol. The minimum absolute atomic E-state index is 0. The van der Waals surface area contributed by atoms with Crippen molar-refractivity contribution in [3.63, 3.8) is 0 Å². The summed E-state index contributed by atoms with van der Waals surface area (Å²) < 4.78 is 14.9. The third-order valence-corrected chi connectivity index (χ3v) is 1.76. The molecule has 0 aliphatic carbocycles. The maximum Gasteiger partial charge on any atom is 0.0712 e. The van der Waals surface area contributed by atoms with E-state index in [2.05, 4.69) is 17.5 Å². The second-order valence-corrected chi connectivity index (χ2v) is 2.78. The number of aromatic nitrogens is 4. The Kier molecular flexibility index (Phi) is 36.0. The molecule has 0 aromatic carbocycles. The van der Waals surface area contributed by atoms with E-state index >= 15 is 0 Å². The SMILES string of the molecule is C.C.CC.CC.Cc1cnsn1.c1cnsn1. The third-order valence-electron chi connectivity index (χ3n) is 0.754. The summed E-state index contributed by atoms with van der Waals surface area (Å²) in [7, 11) is 0. The van der Waals surface area contributed by atoms with Gasteiger partial charge in [-0.1, -0.05) is 42.5 Å². The van der Waals surface area contributed by atoms with Crippen molar-refractivity contribution in [3.8, 4) is 0 Å². The van der Waals surface area contributed by atoms with Crippen LogP contribution in [0.4, 0.5) is 0 Å². The zero-order valence-electron chi connectivity index (χ0n) is 9.84. The van der Waals surface area contributed by atoms with Gasteiger partial charge in [0.1, 0.15) is 0 Å². The second kappa shape index (κ2) is 24.4. The molecular weight excluding hydrogens is 252 g/mol. The van der Waals surface area contributed by atoms with Crippen LogP contribution in [0, 0.1) is 6.92 Å². The molecule has 2 aromatic rings. The molecule has 0 N–H and O–H groups in total. The van der Waals surface area contributed by atoms with Crippen LogP contribution in [0.3, 0.4) is 0 Å². The standard InChI is InChI=1S/C3H4N2S.C2H2N2S.2C2H6.2CH4/c1-3-2-4-6-5-3;1-2-4-5-3-1;2*1-2;;/h2H,1H3;1-2H;2*1-2H3;2*1H4. The van der Waals surface area contributed by atoms with Gasteiger partial charge in [-0.3, -0.25) is 0 Å². The Morgan fingerprint density at radius 2 is 1.29 bits per heavy atom. The van der Waals surface area contributed by atoms with Gasteiger partial charge in [-0.15, -0.1) is 0 Å². The van der Waals surface area contributed by atoms with E-state index in [-0.39, 0.29) is 14.9 Å². The molecule has 102 valence electrons. The summed E-state index contributed by atoms with van der Waals surface area (Å²) in [4.78, 5) is 0. The molecule has 0 unspecified atom stereocenters. The zero-order valence-corrected chi connectivity index (χ0v) is 11.5. The second-order valence-electron chi connectivity index (χ2n) is 1.64. The highest BCUT2D eigenvalue weighted by molar-refractivity contribution is 6.99. The average molecular weight is 278 g/mol. The third kappa shape index (κ3) is 21.0. The van der Waals surface area contributed by atoms with Crippen LogP contribution >= 0.6 is 23.5 Å². The molecule has 17 heavy (non-hydrogen) atoms. The summed E-state index contributed by atoms with van der Waals surface area (Å²) >= 11 is 2.45. The summed E-state index contributed by atoms with van der Waals surface area (Å²) in [6.45, 7) is 9.92. The van der Waals surface area contributed by atoms with Gasteiger partial charge in [0, 0.05) is 0 Å². The van der Waals surface area contributed by atoms with Crippen LogP contribution in [0.2, 0.25) is 0 Å². The van der Waals surface area contributed by atoms with Crippen LogP contribution in [0.15, 0.2) is 18.6 Å². The van der Waals surface area contributed by atoms with E-state index in [4.69, 9.17) is 0 Å². The highest BCUT2D eigenvalue weighted by atomic mass is 32.1. The highest BCUT2D eigenvalue weighted by Gasteiger charge is 1.78. The van der Waals surface area contributed by atoms with E-state index in [1.165, 1.54) is 23.5 Å². The molecule has 0 atom stereocenters. The van der Waals surface area contributed by atoms with E-state index in [0.717, 1.165) is 5.69 Å². The van der Waals surface area contributed by atoms with Crippen molar-refractivity contribution in [1.29, 1.82) is 0 Å². The van der Waals surface area contributed by atoms with Crippen molar-refractivity contribution in [1.82, 2.24) is 17.5 Å². The Hall–Kier alpha value is -0.880. The van der Waals surface area contributed by atoms with Gasteiger partial charge in [-0.25, -0.2) is 0 Å². The lowest BCUT2D eigenvalue weighted by atomic mass is 10.6. The molecule has 2 rings (SSSR count). The van der Waals surface area contributed by atoms with Crippen molar-refractivity contribution in [3.05, 3.63) is 24.3 Å². The van der Waals surface area contributed by atoms with Gasteiger partial charge in [0.25, 0.3) is 0 Å². The van der Waals surface area contributed by atoms with Crippen molar-refractivity contribution in [2.45, 2.75) is 49.5 Å². The number of rotatable bonds is 0. The molecule has 0 saturated heterocycles. The fourth-order valence-corrected chi connectivity index (χ4v) is 1.04. The smallest absolute Gasteiger partial charge is 0.0712 e. The average Bonchev–Trinajstić information content (AvgIpc) is 2.98. The van der Waals surface area contributed by atoms with E-state index in [1.807, 2.05) is 34.6 Å². The number of aryl methyl sites for hydroxylation is 1. The van der Waals surface area contributed by atoms with Crippen molar-refractivity contribution >= 4 is 23.5 Å². The fraction of sp³-hybridized carbons (Fsp3) is 0.636. The minimum atomic E-state index is 0. The zero-order chi connectivity index (χ0) is 11.9. The number of hydrogen-bond acceptors (Lipinski definition) is 6. The van der Waals surface area contributed by atoms with Gasteiger partial charge in [-0.2, -0.15) is 17.5 Å². The molecule has 6 heteroatoms. The van der Waals surface area contributed by atoms with Gasteiger partial charge in [0.2, 0.25) is 0 Å². The van der Waals surface area contributed by atoms with Crippen LogP contribution < -0.4 is 0 Å². The fourth-order valence-electron chi connectivity index (χ4n) is 0.347. The van der Waals surface area contributed by atoms with Gasteiger partial charge in [0.05, 0.1) is 47.7 Å². The molecule has 0 spiro atoms. The van der Waals surface area contributed by atoms with Gasteiger partial charge >= 0.3 is 0 Å². The van der Waals surface area contributed by atoms with Crippen LogP contribution in [0.1, 0.15) is 48.2 Å². The summed E-state index contributed by atoms with van der Waals surface area (Å²) in [6.07, 6.45) is 5.06. The lowest BCUT2D eigenvalue weighted by molar-refractivity contribution is 1.33. The van der Waals surface area contributed by atoms with Crippen molar-refractivity contribution < 1.29 is 0 Å². The quantitative estimate of drug-likeness (QED) is 0.700. The first-order chi connectivity index (χ1) is 7.39. The van der Waals surface area contributed by atoms with Crippen LogP contribution in [0.5, 0.6) is 0 Å². The normalized spacial score (nSPS) is 6.18. The summed E-state index contributed by atoms with van der Waals surface area (Å²) in [5.74, 6) is 0. The number of hydrogen-bond donors (Lipinski definition) is 0. The lowest BCUT2D eigenvalue weighted by Crippen LogP contribution is -1.58. The first-order valence-electron chi connectivity index (χ1n) is 4.85. The summed E-state index contributed by atoms with van der Waals surface area (Å²) in [6, 6.07) is 0. The minimum Gasteiger partial charge on any atom is -0.182 e. The Bertz CT molecular complexity index is 240.